The lowest BCUT2D eigenvalue weighted by Crippen LogP contribution is -2.33. The summed E-state index contributed by atoms with van der Waals surface area (Å²) in [6.45, 7) is 8.57. The molecule has 0 aliphatic carbocycles. The number of hydrogen-bond acceptors (Lipinski definition) is 6. The molecule has 0 atom stereocenters. The van der Waals surface area contributed by atoms with E-state index in [-0.39, 0.29) is 12.4 Å². The molecule has 4 N–H and O–H groups in total. The lowest BCUT2D eigenvalue weighted by molar-refractivity contribution is 0.0527. The summed E-state index contributed by atoms with van der Waals surface area (Å²) in [6, 6.07) is 0. The van der Waals surface area contributed by atoms with Crippen LogP contribution in [0.1, 0.15) is 44.0 Å². The second-order valence-corrected chi connectivity index (χ2v) is 6.31. The van der Waals surface area contributed by atoms with Gasteiger partial charge in [-0.15, -0.1) is 0 Å². The summed E-state index contributed by atoms with van der Waals surface area (Å²) in [5, 5.41) is 25.1. The number of aryl methyl sites for hydroxylation is 1. The highest BCUT2D eigenvalue weighted by Gasteiger charge is 2.15. The van der Waals surface area contributed by atoms with Gasteiger partial charge in [0.05, 0.1) is 12.3 Å². The number of aromatic nitrogens is 1. The molecule has 0 bridgehead atoms. The predicted octanol–water partition coefficient (Wildman–Crippen LogP) is 1.59. The molecule has 0 radical (unpaired) electrons. The Labute approximate surface area is 137 Å². The van der Waals surface area contributed by atoms with Gasteiger partial charge >= 0.3 is 6.09 Å². The number of ether oxygens (including phenoxy) is 1. The van der Waals surface area contributed by atoms with Crippen molar-refractivity contribution in [3.63, 3.8) is 0 Å². The van der Waals surface area contributed by atoms with Crippen molar-refractivity contribution < 1.29 is 19.7 Å². The summed E-state index contributed by atoms with van der Waals surface area (Å²) in [5.74, 6) is 0.107. The van der Waals surface area contributed by atoms with Crippen molar-refractivity contribution in [2.24, 2.45) is 0 Å². The molecule has 0 aliphatic rings. The van der Waals surface area contributed by atoms with Crippen LogP contribution in [0.25, 0.3) is 0 Å². The maximum atomic E-state index is 11.5. The molecule has 1 heterocycles. The first kappa shape index (κ1) is 19.2. The fourth-order valence-electron chi connectivity index (χ4n) is 1.95. The van der Waals surface area contributed by atoms with Crippen molar-refractivity contribution in [2.45, 2.75) is 52.9 Å². The first-order valence-corrected chi connectivity index (χ1v) is 7.69. The molecule has 0 saturated carbocycles. The largest absolute Gasteiger partial charge is 0.506 e. The zero-order chi connectivity index (χ0) is 17.5. The first-order valence-electron chi connectivity index (χ1n) is 7.69. The number of nitrogens with one attached hydrogen (secondary N) is 2. The smallest absolute Gasteiger partial charge is 0.407 e. The Bertz CT molecular complexity index is 527. The Morgan fingerprint density at radius 3 is 2.65 bits per heavy atom. The van der Waals surface area contributed by atoms with Gasteiger partial charge in [0.15, 0.2) is 0 Å². The quantitative estimate of drug-likeness (QED) is 0.568. The molecule has 7 nitrogen and oxygen atoms in total. The summed E-state index contributed by atoms with van der Waals surface area (Å²) in [6.07, 6.45) is 1.86. The summed E-state index contributed by atoms with van der Waals surface area (Å²) in [4.78, 5) is 15.5. The maximum Gasteiger partial charge on any atom is 0.407 e. The van der Waals surface area contributed by atoms with Gasteiger partial charge in [0, 0.05) is 30.4 Å². The molecule has 23 heavy (non-hydrogen) atoms. The molecule has 0 spiro atoms. The van der Waals surface area contributed by atoms with Crippen LogP contribution in [0.4, 0.5) is 4.79 Å². The standard InChI is InChI=1S/C16H27N3O4/c1-11-14(21)13(12(10-20)8-19-11)9-17-6-5-7-18-15(22)23-16(2,3)4/h8,17,20-21H,5-7,9-10H2,1-4H3,(H,18,22). The number of rotatable bonds is 7. The van der Waals surface area contributed by atoms with Crippen LogP contribution in [0.3, 0.4) is 0 Å². The van der Waals surface area contributed by atoms with Crippen LogP contribution in [-0.4, -0.2) is 40.0 Å². The van der Waals surface area contributed by atoms with Gasteiger partial charge in [0.1, 0.15) is 11.4 Å². The fraction of sp³-hybridized carbons (Fsp3) is 0.625. The molecule has 130 valence electrons. The number of hydrogen-bond donors (Lipinski definition) is 4. The molecule has 0 unspecified atom stereocenters. The second kappa shape index (κ2) is 8.69. The van der Waals surface area contributed by atoms with E-state index in [2.05, 4.69) is 15.6 Å². The number of alkyl carbamates (subject to hydrolysis) is 1. The van der Waals surface area contributed by atoms with E-state index in [1.807, 2.05) is 20.8 Å². The summed E-state index contributed by atoms with van der Waals surface area (Å²) < 4.78 is 5.13. The number of amides is 1. The van der Waals surface area contributed by atoms with Crippen LogP contribution in [0, 0.1) is 6.92 Å². The van der Waals surface area contributed by atoms with Crippen LogP contribution in [0.15, 0.2) is 6.20 Å². The van der Waals surface area contributed by atoms with Gasteiger partial charge in [-0.25, -0.2) is 4.79 Å². The number of aliphatic hydroxyl groups excluding tert-OH is 1. The zero-order valence-corrected chi connectivity index (χ0v) is 14.3. The van der Waals surface area contributed by atoms with Crippen LogP contribution in [0.2, 0.25) is 0 Å². The van der Waals surface area contributed by atoms with Gasteiger partial charge in [-0.1, -0.05) is 0 Å². The lowest BCUT2D eigenvalue weighted by atomic mass is 10.1. The van der Waals surface area contributed by atoms with Crippen LogP contribution >= 0.6 is 0 Å². The third-order valence-electron chi connectivity index (χ3n) is 3.10. The molecule has 0 aliphatic heterocycles. The van der Waals surface area contributed by atoms with E-state index in [4.69, 9.17) is 4.74 Å². The number of nitrogens with zero attached hydrogens (tertiary/aromatic N) is 1. The van der Waals surface area contributed by atoms with E-state index in [1.165, 1.54) is 0 Å². The molecule has 1 rings (SSSR count). The van der Waals surface area contributed by atoms with E-state index >= 15 is 0 Å². The van der Waals surface area contributed by atoms with Crippen molar-refractivity contribution >= 4 is 6.09 Å². The van der Waals surface area contributed by atoms with E-state index in [1.54, 1.807) is 13.1 Å². The predicted molar refractivity (Wildman–Crippen MR) is 87.1 cm³/mol. The van der Waals surface area contributed by atoms with Crippen molar-refractivity contribution in [2.75, 3.05) is 13.1 Å². The fourth-order valence-corrected chi connectivity index (χ4v) is 1.95. The minimum Gasteiger partial charge on any atom is -0.506 e. The van der Waals surface area contributed by atoms with Gasteiger partial charge in [-0.05, 0) is 40.7 Å². The molecule has 0 saturated heterocycles. The van der Waals surface area contributed by atoms with Gasteiger partial charge in [0.25, 0.3) is 0 Å². The average molecular weight is 325 g/mol. The van der Waals surface area contributed by atoms with E-state index in [9.17, 15) is 15.0 Å². The molecule has 1 aromatic heterocycles. The number of pyridine rings is 1. The number of aromatic hydroxyl groups is 1. The van der Waals surface area contributed by atoms with Crippen LogP contribution < -0.4 is 10.6 Å². The SMILES string of the molecule is Cc1ncc(CO)c(CNCCCNC(=O)OC(C)(C)C)c1O. The van der Waals surface area contributed by atoms with Gasteiger partial charge < -0.3 is 25.6 Å². The Morgan fingerprint density at radius 2 is 2.04 bits per heavy atom. The number of aliphatic hydroxyl groups is 1. The first-order chi connectivity index (χ1) is 10.7. The molecule has 1 amide bonds. The summed E-state index contributed by atoms with van der Waals surface area (Å²) in [5.41, 5.74) is 1.29. The second-order valence-electron chi connectivity index (χ2n) is 6.31. The van der Waals surface area contributed by atoms with E-state index in [0.717, 1.165) is 6.42 Å². The Balaban J connectivity index is 2.31. The lowest BCUT2D eigenvalue weighted by Gasteiger charge is -2.19. The molecule has 0 fully saturated rings. The molecular formula is C16H27N3O4. The van der Waals surface area contributed by atoms with Gasteiger partial charge in [-0.3, -0.25) is 4.98 Å². The highest BCUT2D eigenvalue weighted by atomic mass is 16.6. The van der Waals surface area contributed by atoms with Crippen molar-refractivity contribution in [1.29, 1.82) is 0 Å². The molecule has 0 aromatic carbocycles. The highest BCUT2D eigenvalue weighted by molar-refractivity contribution is 5.67. The third-order valence-corrected chi connectivity index (χ3v) is 3.10. The number of carbonyl (C=O) groups excluding carboxylic acids is 1. The Kier molecular flexibility index (Phi) is 7.25. The molecule has 7 heteroatoms. The van der Waals surface area contributed by atoms with Crippen molar-refractivity contribution in [3.05, 3.63) is 23.0 Å². The van der Waals surface area contributed by atoms with Crippen molar-refractivity contribution in [3.8, 4) is 5.75 Å². The maximum absolute atomic E-state index is 11.5. The summed E-state index contributed by atoms with van der Waals surface area (Å²) >= 11 is 0. The number of carbonyl (C=O) groups is 1. The molecule has 1 aromatic rings. The third kappa shape index (κ3) is 6.83. The monoisotopic (exact) mass is 325 g/mol. The van der Waals surface area contributed by atoms with E-state index < -0.39 is 11.7 Å². The highest BCUT2D eigenvalue weighted by Crippen LogP contribution is 2.23. The molecular weight excluding hydrogens is 298 g/mol. The van der Waals surface area contributed by atoms with E-state index in [0.29, 0.717) is 36.5 Å². The Morgan fingerprint density at radius 1 is 1.35 bits per heavy atom. The average Bonchev–Trinajstić information content (AvgIpc) is 2.45. The minimum absolute atomic E-state index is 0.107. The Hall–Kier alpha value is -1.86. The van der Waals surface area contributed by atoms with Crippen molar-refractivity contribution in [1.82, 2.24) is 15.6 Å². The zero-order valence-electron chi connectivity index (χ0n) is 14.3. The normalized spacial score (nSPS) is 11.3. The van der Waals surface area contributed by atoms with Crippen LogP contribution in [0.5, 0.6) is 5.75 Å². The van der Waals surface area contributed by atoms with Crippen LogP contribution in [-0.2, 0) is 17.9 Å². The van der Waals surface area contributed by atoms with Gasteiger partial charge in [0.2, 0.25) is 0 Å². The topological polar surface area (TPSA) is 104 Å². The van der Waals surface area contributed by atoms with Gasteiger partial charge in [-0.2, -0.15) is 0 Å². The summed E-state index contributed by atoms with van der Waals surface area (Å²) in [7, 11) is 0. The minimum atomic E-state index is -0.500.